The minimum Gasteiger partial charge on any atom is -0.481 e. The van der Waals surface area contributed by atoms with Crippen molar-refractivity contribution in [2.45, 2.75) is 57.8 Å². The van der Waals surface area contributed by atoms with Crippen LogP contribution in [0.2, 0.25) is 0 Å². The summed E-state index contributed by atoms with van der Waals surface area (Å²) in [6.07, 6.45) is 6.69. The van der Waals surface area contributed by atoms with Gasteiger partial charge in [0.1, 0.15) is 0 Å². The molecule has 0 bridgehead atoms. The molecule has 0 aliphatic carbocycles. The number of carboxylic acids is 1. The molecule has 18 heavy (non-hydrogen) atoms. The van der Waals surface area contributed by atoms with E-state index in [-0.39, 0.29) is 19.0 Å². The largest absolute Gasteiger partial charge is 0.481 e. The predicted molar refractivity (Wildman–Crippen MR) is 67.2 cm³/mol. The zero-order chi connectivity index (χ0) is 13.6. The lowest BCUT2D eigenvalue weighted by Gasteiger charge is -2.03. The summed E-state index contributed by atoms with van der Waals surface area (Å²) >= 11 is 0. The smallest absolute Gasteiger partial charge is 0.305 e. The lowest BCUT2D eigenvalue weighted by molar-refractivity contribution is -0.144. The number of aliphatic hydroxyl groups excluding tert-OH is 1. The minimum absolute atomic E-state index is 0.0453. The Bertz CT molecular complexity index is 227. The number of unbranched alkanes of at least 4 members (excludes halogenated alkanes) is 5. The van der Waals surface area contributed by atoms with Crippen molar-refractivity contribution in [2.24, 2.45) is 0 Å². The van der Waals surface area contributed by atoms with E-state index in [1.807, 2.05) is 0 Å². The van der Waals surface area contributed by atoms with Gasteiger partial charge in [0.25, 0.3) is 0 Å². The Morgan fingerprint density at radius 3 is 1.94 bits per heavy atom. The van der Waals surface area contributed by atoms with Crippen LogP contribution in [0.5, 0.6) is 0 Å². The van der Waals surface area contributed by atoms with E-state index in [2.05, 4.69) is 0 Å². The molecule has 5 heteroatoms. The lowest BCUT2D eigenvalue weighted by atomic mass is 10.1. The normalized spacial score (nSPS) is 10.3. The first kappa shape index (κ1) is 16.9. The van der Waals surface area contributed by atoms with Gasteiger partial charge in [-0.15, -0.1) is 0 Å². The molecule has 0 aliphatic rings. The van der Waals surface area contributed by atoms with Crippen LogP contribution in [0, 0.1) is 0 Å². The number of ether oxygens (including phenoxy) is 1. The van der Waals surface area contributed by atoms with Gasteiger partial charge >= 0.3 is 11.9 Å². The van der Waals surface area contributed by atoms with E-state index in [4.69, 9.17) is 14.9 Å². The summed E-state index contributed by atoms with van der Waals surface area (Å²) in [4.78, 5) is 21.4. The fourth-order valence-corrected chi connectivity index (χ4v) is 1.58. The van der Waals surface area contributed by atoms with E-state index < -0.39 is 5.97 Å². The van der Waals surface area contributed by atoms with E-state index in [1.165, 1.54) is 0 Å². The highest BCUT2D eigenvalue weighted by atomic mass is 16.5. The van der Waals surface area contributed by atoms with Gasteiger partial charge in [-0.2, -0.15) is 0 Å². The highest BCUT2D eigenvalue weighted by molar-refractivity contribution is 5.69. The molecule has 2 N–H and O–H groups in total. The van der Waals surface area contributed by atoms with Crippen LogP contribution in [0.4, 0.5) is 0 Å². The molecule has 0 saturated carbocycles. The fraction of sp³-hybridized carbons (Fsp3) is 0.846. The third-order valence-electron chi connectivity index (χ3n) is 2.59. The average molecular weight is 260 g/mol. The third-order valence-corrected chi connectivity index (χ3v) is 2.59. The van der Waals surface area contributed by atoms with E-state index in [0.717, 1.165) is 38.5 Å². The topological polar surface area (TPSA) is 83.8 Å². The zero-order valence-corrected chi connectivity index (χ0v) is 10.9. The molecular weight excluding hydrogens is 236 g/mol. The number of aliphatic carboxylic acids is 1. The Balaban J connectivity index is 3.15. The van der Waals surface area contributed by atoms with Gasteiger partial charge in [0.15, 0.2) is 0 Å². The highest BCUT2D eigenvalue weighted by Crippen LogP contribution is 2.09. The number of esters is 1. The number of rotatable bonds is 12. The molecular formula is C13H24O5. The van der Waals surface area contributed by atoms with Crippen LogP contribution < -0.4 is 0 Å². The molecule has 5 nitrogen and oxygen atoms in total. The lowest BCUT2D eigenvalue weighted by Crippen LogP contribution is -2.06. The van der Waals surface area contributed by atoms with Crippen LogP contribution in [-0.4, -0.2) is 35.4 Å². The summed E-state index contributed by atoms with van der Waals surface area (Å²) in [6, 6.07) is 0. The Kier molecular flexibility index (Phi) is 11.6. The number of carboxylic acid groups (broad SMARTS) is 1. The van der Waals surface area contributed by atoms with Gasteiger partial charge in [-0.3, -0.25) is 9.59 Å². The molecule has 0 unspecified atom stereocenters. The second kappa shape index (κ2) is 12.4. The Hall–Kier alpha value is -1.10. The summed E-state index contributed by atoms with van der Waals surface area (Å²) < 4.78 is 4.89. The van der Waals surface area contributed by atoms with E-state index in [1.54, 1.807) is 0 Å². The molecule has 0 aromatic heterocycles. The van der Waals surface area contributed by atoms with E-state index >= 15 is 0 Å². The van der Waals surface area contributed by atoms with Gasteiger partial charge < -0.3 is 14.9 Å². The van der Waals surface area contributed by atoms with Crippen molar-refractivity contribution in [2.75, 3.05) is 13.2 Å². The molecule has 0 aromatic rings. The highest BCUT2D eigenvalue weighted by Gasteiger charge is 2.02. The van der Waals surface area contributed by atoms with E-state index in [9.17, 15) is 9.59 Å². The quantitative estimate of drug-likeness (QED) is 0.415. The first-order chi connectivity index (χ1) is 8.66. The third kappa shape index (κ3) is 13.0. The van der Waals surface area contributed by atoms with Gasteiger partial charge in [-0.05, 0) is 12.8 Å². The zero-order valence-electron chi connectivity index (χ0n) is 10.9. The van der Waals surface area contributed by atoms with Crippen molar-refractivity contribution in [3.63, 3.8) is 0 Å². The van der Waals surface area contributed by atoms with Crippen molar-refractivity contribution in [3.8, 4) is 0 Å². The molecule has 0 saturated heterocycles. The first-order valence-corrected chi connectivity index (χ1v) is 6.65. The number of carbonyl (C=O) groups excluding carboxylic acids is 1. The van der Waals surface area contributed by atoms with Crippen molar-refractivity contribution < 1.29 is 24.5 Å². The maximum absolute atomic E-state index is 11.2. The van der Waals surface area contributed by atoms with Crippen LogP contribution in [-0.2, 0) is 14.3 Å². The molecule has 0 rings (SSSR count). The van der Waals surface area contributed by atoms with Crippen molar-refractivity contribution in [1.29, 1.82) is 0 Å². The Labute approximate surface area is 108 Å². The maximum Gasteiger partial charge on any atom is 0.305 e. The van der Waals surface area contributed by atoms with Crippen LogP contribution in [0.1, 0.15) is 57.8 Å². The molecule has 0 fully saturated rings. The van der Waals surface area contributed by atoms with Gasteiger partial charge in [0.05, 0.1) is 6.61 Å². The first-order valence-electron chi connectivity index (χ1n) is 6.65. The van der Waals surface area contributed by atoms with Crippen molar-refractivity contribution >= 4 is 11.9 Å². The molecule has 0 heterocycles. The molecule has 0 spiro atoms. The molecule has 106 valence electrons. The summed E-state index contributed by atoms with van der Waals surface area (Å²) in [7, 11) is 0. The molecule has 0 aromatic carbocycles. The molecule has 0 radical (unpaired) electrons. The van der Waals surface area contributed by atoms with Gasteiger partial charge in [0.2, 0.25) is 0 Å². The van der Waals surface area contributed by atoms with Crippen LogP contribution >= 0.6 is 0 Å². The Morgan fingerprint density at radius 2 is 1.39 bits per heavy atom. The van der Waals surface area contributed by atoms with Gasteiger partial charge in [-0.25, -0.2) is 0 Å². The summed E-state index contributed by atoms with van der Waals surface area (Å²) in [5.74, 6) is -0.935. The van der Waals surface area contributed by atoms with Gasteiger partial charge in [0, 0.05) is 25.9 Å². The monoisotopic (exact) mass is 260 g/mol. The second-order valence-electron chi connectivity index (χ2n) is 4.31. The number of aliphatic hydroxyl groups is 1. The Morgan fingerprint density at radius 1 is 0.833 bits per heavy atom. The second-order valence-corrected chi connectivity index (χ2v) is 4.31. The molecule has 0 aliphatic heterocycles. The minimum atomic E-state index is -0.736. The summed E-state index contributed by atoms with van der Waals surface area (Å²) in [5.41, 5.74) is 0. The summed E-state index contributed by atoms with van der Waals surface area (Å²) in [5, 5.41) is 16.9. The number of carbonyl (C=O) groups is 2. The number of hydrogen-bond donors (Lipinski definition) is 2. The summed E-state index contributed by atoms with van der Waals surface area (Å²) in [6.45, 7) is 0.341. The van der Waals surface area contributed by atoms with Gasteiger partial charge in [-0.1, -0.05) is 25.7 Å². The standard InChI is InChI=1S/C13H24O5/c14-10-7-11-18-13(17)9-6-4-2-1-3-5-8-12(15)16/h14H,1-11H2,(H,15,16). The van der Waals surface area contributed by atoms with Crippen LogP contribution in [0.3, 0.4) is 0 Å². The average Bonchev–Trinajstić information content (AvgIpc) is 2.32. The van der Waals surface area contributed by atoms with E-state index in [0.29, 0.717) is 19.4 Å². The van der Waals surface area contributed by atoms with Crippen LogP contribution in [0.25, 0.3) is 0 Å². The van der Waals surface area contributed by atoms with Crippen molar-refractivity contribution in [1.82, 2.24) is 0 Å². The molecule has 0 amide bonds. The van der Waals surface area contributed by atoms with Crippen molar-refractivity contribution in [3.05, 3.63) is 0 Å². The fourth-order valence-electron chi connectivity index (χ4n) is 1.58. The molecule has 0 atom stereocenters. The van der Waals surface area contributed by atoms with Crippen LogP contribution in [0.15, 0.2) is 0 Å². The maximum atomic E-state index is 11.2. The number of hydrogen-bond acceptors (Lipinski definition) is 4. The SMILES string of the molecule is O=C(O)CCCCCCCCC(=O)OCCCO. The predicted octanol–water partition coefficient (Wildman–Crippen LogP) is 2.12.